The first kappa shape index (κ1) is 10.5. The van der Waals surface area contributed by atoms with Gasteiger partial charge in [-0.3, -0.25) is 0 Å². The monoisotopic (exact) mass is 228 g/mol. The summed E-state index contributed by atoms with van der Waals surface area (Å²) in [6.45, 7) is 0. The number of benzene rings is 2. The lowest BCUT2D eigenvalue weighted by molar-refractivity contribution is 0.0479. The van der Waals surface area contributed by atoms with Crippen molar-refractivity contribution in [2.24, 2.45) is 0 Å². The van der Waals surface area contributed by atoms with Crippen molar-refractivity contribution in [3.8, 4) is 0 Å². The van der Waals surface area contributed by atoms with Crippen molar-refractivity contribution in [1.29, 1.82) is 0 Å². The van der Waals surface area contributed by atoms with E-state index in [2.05, 4.69) is 0 Å². The molecule has 0 amide bonds. The summed E-state index contributed by atoms with van der Waals surface area (Å²) in [5.41, 5.74) is 2.01. The minimum Gasteiger partial charge on any atom is -0.384 e. The van der Waals surface area contributed by atoms with Gasteiger partial charge in [0.15, 0.2) is 0 Å². The largest absolute Gasteiger partial charge is 0.384 e. The summed E-state index contributed by atoms with van der Waals surface area (Å²) >= 11 is 0. The molecule has 0 unspecified atom stereocenters. The molecule has 0 aromatic heterocycles. The molecule has 0 saturated heterocycles. The van der Waals surface area contributed by atoms with Crippen molar-refractivity contribution in [2.75, 3.05) is 0 Å². The van der Waals surface area contributed by atoms with Crippen molar-refractivity contribution in [3.63, 3.8) is 0 Å². The highest BCUT2D eigenvalue weighted by Crippen LogP contribution is 2.37. The molecule has 1 aliphatic carbocycles. The van der Waals surface area contributed by atoms with E-state index in [1.54, 1.807) is 12.1 Å². The Bertz CT molecular complexity index is 537. The number of aliphatic hydroxyl groups is 1. The fraction of sp³-hybridized carbons (Fsp3) is 0.200. The zero-order valence-corrected chi connectivity index (χ0v) is 9.36. The third-order valence-electron chi connectivity index (χ3n) is 3.45. The molecule has 1 nitrogen and oxygen atoms in total. The Labute approximate surface area is 99.5 Å². The molecule has 0 fully saturated rings. The quantitative estimate of drug-likeness (QED) is 0.795. The van der Waals surface area contributed by atoms with Gasteiger partial charge in [0.2, 0.25) is 0 Å². The number of fused-ring (bicyclic) bond motifs is 1. The van der Waals surface area contributed by atoms with Gasteiger partial charge in [0.05, 0.1) is 5.60 Å². The van der Waals surface area contributed by atoms with Gasteiger partial charge < -0.3 is 5.11 Å². The number of rotatable bonds is 1. The number of hydrogen-bond donors (Lipinski definition) is 1. The Kier molecular flexibility index (Phi) is 2.26. The topological polar surface area (TPSA) is 20.2 Å². The Morgan fingerprint density at radius 2 is 1.59 bits per heavy atom. The van der Waals surface area contributed by atoms with E-state index >= 15 is 0 Å². The second-order valence-electron chi connectivity index (χ2n) is 4.66. The molecule has 0 heterocycles. The highest BCUT2D eigenvalue weighted by Gasteiger charge is 2.36. The Morgan fingerprint density at radius 3 is 2.18 bits per heavy atom. The predicted molar refractivity (Wildman–Crippen MR) is 64.1 cm³/mol. The smallest absolute Gasteiger partial charge is 0.123 e. The summed E-state index contributed by atoms with van der Waals surface area (Å²) in [7, 11) is 0. The van der Waals surface area contributed by atoms with Gasteiger partial charge in [-0.05, 0) is 28.8 Å². The highest BCUT2D eigenvalue weighted by molar-refractivity contribution is 5.39. The van der Waals surface area contributed by atoms with Crippen LogP contribution < -0.4 is 0 Å². The minimum absolute atomic E-state index is 0.299. The molecule has 0 radical (unpaired) electrons. The van der Waals surface area contributed by atoms with Gasteiger partial charge in [-0.15, -0.1) is 0 Å². The zero-order valence-electron chi connectivity index (χ0n) is 9.36. The van der Waals surface area contributed by atoms with Crippen LogP contribution in [-0.4, -0.2) is 5.11 Å². The first-order chi connectivity index (χ1) is 8.17. The van der Waals surface area contributed by atoms with E-state index in [0.29, 0.717) is 18.4 Å². The lowest BCUT2D eigenvalue weighted by Gasteiger charge is -2.22. The molecular weight excluding hydrogens is 215 g/mol. The summed E-state index contributed by atoms with van der Waals surface area (Å²) in [5, 5.41) is 10.6. The maximum atomic E-state index is 13.2. The molecule has 17 heavy (non-hydrogen) atoms. The first-order valence-electron chi connectivity index (χ1n) is 5.73. The molecule has 0 bridgehead atoms. The predicted octanol–water partition coefficient (Wildman–Crippen LogP) is 2.81. The summed E-state index contributed by atoms with van der Waals surface area (Å²) < 4.78 is 13.2. The summed E-state index contributed by atoms with van der Waals surface area (Å²) in [6.07, 6.45) is 1.12. The molecule has 0 atom stereocenters. The fourth-order valence-corrected chi connectivity index (χ4v) is 2.58. The van der Waals surface area contributed by atoms with Crippen LogP contribution in [0.1, 0.15) is 16.7 Å². The molecular formula is C15H13FO. The normalized spacial score (nSPS) is 16.8. The van der Waals surface area contributed by atoms with Crippen LogP contribution in [-0.2, 0) is 18.4 Å². The maximum absolute atomic E-state index is 13.2. The van der Waals surface area contributed by atoms with Crippen LogP contribution in [0.3, 0.4) is 0 Å². The number of halogens is 1. The van der Waals surface area contributed by atoms with Crippen molar-refractivity contribution in [2.45, 2.75) is 18.4 Å². The summed E-state index contributed by atoms with van der Waals surface area (Å²) in [4.78, 5) is 0. The van der Waals surface area contributed by atoms with E-state index < -0.39 is 5.60 Å². The molecule has 1 aliphatic rings. The standard InChI is InChI=1S/C15H13FO/c16-14-7-3-6-13(8-14)15(17)9-11-4-1-2-5-12(11)10-15/h1-8,17H,9-10H2. The van der Waals surface area contributed by atoms with E-state index in [1.807, 2.05) is 24.3 Å². The molecule has 86 valence electrons. The molecule has 2 aromatic carbocycles. The van der Waals surface area contributed by atoms with E-state index in [9.17, 15) is 9.50 Å². The molecule has 3 rings (SSSR count). The highest BCUT2D eigenvalue weighted by atomic mass is 19.1. The van der Waals surface area contributed by atoms with Crippen LogP contribution in [0.4, 0.5) is 4.39 Å². The number of hydrogen-bond acceptors (Lipinski definition) is 1. The van der Waals surface area contributed by atoms with Crippen LogP contribution in [0, 0.1) is 5.82 Å². The lowest BCUT2D eigenvalue weighted by atomic mass is 9.91. The third-order valence-corrected chi connectivity index (χ3v) is 3.45. The van der Waals surface area contributed by atoms with Gasteiger partial charge in [0, 0.05) is 12.8 Å². The van der Waals surface area contributed by atoms with E-state index in [4.69, 9.17) is 0 Å². The van der Waals surface area contributed by atoms with Gasteiger partial charge >= 0.3 is 0 Å². The lowest BCUT2D eigenvalue weighted by Crippen LogP contribution is -2.26. The molecule has 2 heteroatoms. The Morgan fingerprint density at radius 1 is 0.941 bits per heavy atom. The van der Waals surface area contributed by atoms with Crippen molar-refractivity contribution >= 4 is 0 Å². The Hall–Kier alpha value is -1.67. The van der Waals surface area contributed by atoms with Gasteiger partial charge in [-0.25, -0.2) is 4.39 Å². The Balaban J connectivity index is 2.01. The average molecular weight is 228 g/mol. The molecule has 0 aliphatic heterocycles. The van der Waals surface area contributed by atoms with E-state index in [1.165, 1.54) is 12.1 Å². The molecule has 1 N–H and O–H groups in total. The van der Waals surface area contributed by atoms with Crippen molar-refractivity contribution < 1.29 is 9.50 Å². The van der Waals surface area contributed by atoms with Gasteiger partial charge in [-0.2, -0.15) is 0 Å². The van der Waals surface area contributed by atoms with Gasteiger partial charge in [-0.1, -0.05) is 36.4 Å². The summed E-state index contributed by atoms with van der Waals surface area (Å²) in [6, 6.07) is 14.2. The molecule has 2 aromatic rings. The zero-order chi connectivity index (χ0) is 11.9. The van der Waals surface area contributed by atoms with Gasteiger partial charge in [0.25, 0.3) is 0 Å². The first-order valence-corrected chi connectivity index (χ1v) is 5.73. The van der Waals surface area contributed by atoms with Crippen LogP contribution in [0.2, 0.25) is 0 Å². The van der Waals surface area contributed by atoms with Crippen molar-refractivity contribution in [1.82, 2.24) is 0 Å². The SMILES string of the molecule is OC1(c2cccc(F)c2)Cc2ccccc2C1. The maximum Gasteiger partial charge on any atom is 0.123 e. The van der Waals surface area contributed by atoms with Crippen LogP contribution in [0.15, 0.2) is 48.5 Å². The average Bonchev–Trinajstić information content (AvgIpc) is 2.66. The fourth-order valence-electron chi connectivity index (χ4n) is 2.58. The summed E-state index contributed by atoms with van der Waals surface area (Å²) in [5.74, 6) is -0.299. The van der Waals surface area contributed by atoms with Crippen molar-refractivity contribution in [3.05, 3.63) is 71.0 Å². The minimum atomic E-state index is -0.953. The molecule has 0 saturated carbocycles. The van der Waals surface area contributed by atoms with Gasteiger partial charge in [0.1, 0.15) is 5.82 Å². The van der Waals surface area contributed by atoms with Crippen LogP contribution >= 0.6 is 0 Å². The molecule has 0 spiro atoms. The van der Waals surface area contributed by atoms with Crippen LogP contribution in [0.25, 0.3) is 0 Å². The second kappa shape index (κ2) is 3.67. The van der Waals surface area contributed by atoms with E-state index in [-0.39, 0.29) is 5.82 Å². The third kappa shape index (κ3) is 1.75. The second-order valence-corrected chi connectivity index (χ2v) is 4.66. The van der Waals surface area contributed by atoms with E-state index in [0.717, 1.165) is 11.1 Å². The van der Waals surface area contributed by atoms with Crippen LogP contribution in [0.5, 0.6) is 0 Å².